The maximum atomic E-state index is 12.7. The van der Waals surface area contributed by atoms with Gasteiger partial charge >= 0.3 is 0 Å². The van der Waals surface area contributed by atoms with Gasteiger partial charge in [0.15, 0.2) is 0 Å². The minimum absolute atomic E-state index is 0.0653. The Balaban J connectivity index is 2.11. The van der Waals surface area contributed by atoms with Crippen LogP contribution < -0.4 is 5.56 Å². The maximum absolute atomic E-state index is 12.7. The van der Waals surface area contributed by atoms with Gasteiger partial charge in [0.2, 0.25) is 0 Å². The van der Waals surface area contributed by atoms with Crippen LogP contribution in [0.1, 0.15) is 24.1 Å². The van der Waals surface area contributed by atoms with Crippen molar-refractivity contribution in [2.75, 3.05) is 0 Å². The molecule has 0 aliphatic carbocycles. The summed E-state index contributed by atoms with van der Waals surface area (Å²) in [6.45, 7) is 1.89. The first-order valence-electron chi connectivity index (χ1n) is 7.45. The Bertz CT molecular complexity index is 974. The zero-order chi connectivity index (χ0) is 17.1. The molecular formula is C19H14ClN3O. The van der Waals surface area contributed by atoms with E-state index < -0.39 is 0 Å². The minimum atomic E-state index is -0.377. The highest BCUT2D eigenvalue weighted by Gasteiger charge is 2.17. The van der Waals surface area contributed by atoms with Crippen molar-refractivity contribution in [3.63, 3.8) is 0 Å². The van der Waals surface area contributed by atoms with Crippen LogP contribution in [0.5, 0.6) is 0 Å². The predicted molar refractivity (Wildman–Crippen MR) is 93.9 cm³/mol. The monoisotopic (exact) mass is 335 g/mol. The first-order valence-corrected chi connectivity index (χ1v) is 7.83. The Morgan fingerprint density at radius 1 is 1.08 bits per heavy atom. The molecule has 0 saturated carbocycles. The van der Waals surface area contributed by atoms with Crippen molar-refractivity contribution in [1.29, 1.82) is 5.26 Å². The first-order chi connectivity index (χ1) is 11.6. The molecule has 0 bridgehead atoms. The molecule has 0 radical (unpaired) electrons. The fraction of sp³-hybridized carbons (Fsp3) is 0.105. The fourth-order valence-electron chi connectivity index (χ4n) is 2.60. The van der Waals surface area contributed by atoms with Crippen molar-refractivity contribution < 1.29 is 0 Å². The van der Waals surface area contributed by atoms with Crippen LogP contribution in [0.3, 0.4) is 0 Å². The van der Waals surface area contributed by atoms with Crippen molar-refractivity contribution >= 4 is 11.6 Å². The Hall–Kier alpha value is -2.90. The molecule has 0 aliphatic heterocycles. The SMILES string of the molecule is CC(c1ccccc1)n1ncc(-c2ccccc2C#N)c(Cl)c1=O. The topological polar surface area (TPSA) is 58.7 Å². The molecule has 1 aromatic heterocycles. The van der Waals surface area contributed by atoms with Crippen molar-refractivity contribution in [3.8, 4) is 17.2 Å². The van der Waals surface area contributed by atoms with Gasteiger partial charge in [-0.1, -0.05) is 60.1 Å². The van der Waals surface area contributed by atoms with Gasteiger partial charge in [0.1, 0.15) is 5.02 Å². The summed E-state index contributed by atoms with van der Waals surface area (Å²) >= 11 is 6.31. The molecule has 0 N–H and O–H groups in total. The smallest absolute Gasteiger partial charge is 0.266 e. The molecule has 2 aromatic carbocycles. The molecule has 0 aliphatic rings. The lowest BCUT2D eigenvalue weighted by Gasteiger charge is -2.15. The molecule has 1 atom stereocenters. The predicted octanol–water partition coefficient (Wildman–Crippen LogP) is 4.04. The second-order valence-electron chi connectivity index (χ2n) is 5.37. The molecule has 1 heterocycles. The van der Waals surface area contributed by atoms with Gasteiger partial charge in [-0.3, -0.25) is 4.79 Å². The van der Waals surface area contributed by atoms with Crippen LogP contribution in [0, 0.1) is 11.3 Å². The fourth-order valence-corrected chi connectivity index (χ4v) is 2.83. The van der Waals surface area contributed by atoms with Gasteiger partial charge in [0.25, 0.3) is 5.56 Å². The zero-order valence-corrected chi connectivity index (χ0v) is 13.7. The van der Waals surface area contributed by atoms with E-state index >= 15 is 0 Å². The number of nitrogens with zero attached hydrogens (tertiary/aromatic N) is 3. The summed E-state index contributed by atoms with van der Waals surface area (Å²) in [7, 11) is 0. The summed E-state index contributed by atoms with van der Waals surface area (Å²) in [6, 6.07) is 18.5. The van der Waals surface area contributed by atoms with Gasteiger partial charge in [-0.25, -0.2) is 4.68 Å². The molecule has 1 unspecified atom stereocenters. The van der Waals surface area contributed by atoms with E-state index in [0.29, 0.717) is 16.7 Å². The van der Waals surface area contributed by atoms with Gasteiger partial charge in [0, 0.05) is 11.1 Å². The lowest BCUT2D eigenvalue weighted by atomic mass is 10.0. The third kappa shape index (κ3) is 2.82. The summed E-state index contributed by atoms with van der Waals surface area (Å²) in [6.07, 6.45) is 1.54. The molecule has 3 aromatic rings. The molecule has 118 valence electrons. The van der Waals surface area contributed by atoms with Gasteiger partial charge in [-0.2, -0.15) is 10.4 Å². The average molecular weight is 336 g/mol. The molecular weight excluding hydrogens is 322 g/mol. The summed E-state index contributed by atoms with van der Waals surface area (Å²) in [5, 5.41) is 13.6. The number of aromatic nitrogens is 2. The Kier molecular flexibility index (Phi) is 4.45. The second kappa shape index (κ2) is 6.69. The first kappa shape index (κ1) is 16.0. The zero-order valence-electron chi connectivity index (χ0n) is 13.0. The van der Waals surface area contributed by atoms with Crippen LogP contribution in [0.25, 0.3) is 11.1 Å². The minimum Gasteiger partial charge on any atom is -0.266 e. The third-order valence-corrected chi connectivity index (χ3v) is 4.30. The van der Waals surface area contributed by atoms with Crippen LogP contribution in [-0.4, -0.2) is 9.78 Å². The van der Waals surface area contributed by atoms with Crippen LogP contribution in [0.4, 0.5) is 0 Å². The number of halogens is 1. The van der Waals surface area contributed by atoms with E-state index in [2.05, 4.69) is 11.2 Å². The number of nitriles is 1. The van der Waals surface area contributed by atoms with Crippen molar-refractivity contribution in [2.45, 2.75) is 13.0 Å². The van der Waals surface area contributed by atoms with E-state index in [9.17, 15) is 10.1 Å². The highest BCUT2D eigenvalue weighted by molar-refractivity contribution is 6.33. The number of benzene rings is 2. The van der Waals surface area contributed by atoms with Crippen molar-refractivity contribution in [2.24, 2.45) is 0 Å². The maximum Gasteiger partial charge on any atom is 0.286 e. The van der Waals surface area contributed by atoms with E-state index in [-0.39, 0.29) is 16.6 Å². The number of hydrogen-bond acceptors (Lipinski definition) is 3. The second-order valence-corrected chi connectivity index (χ2v) is 5.74. The summed E-state index contributed by atoms with van der Waals surface area (Å²) < 4.78 is 1.36. The molecule has 4 nitrogen and oxygen atoms in total. The largest absolute Gasteiger partial charge is 0.286 e. The standard InChI is InChI=1S/C19H14ClN3O/c1-13(14-7-3-2-4-8-14)23-19(24)18(20)17(12-22-23)16-10-6-5-9-15(16)11-21/h2-10,12-13H,1H3. The highest BCUT2D eigenvalue weighted by Crippen LogP contribution is 2.28. The van der Waals surface area contributed by atoms with E-state index in [1.54, 1.807) is 30.5 Å². The van der Waals surface area contributed by atoms with Gasteiger partial charge in [0.05, 0.1) is 23.9 Å². The molecule has 0 spiro atoms. The van der Waals surface area contributed by atoms with Crippen molar-refractivity contribution in [3.05, 3.63) is 87.3 Å². The van der Waals surface area contributed by atoms with Crippen LogP contribution in [0.15, 0.2) is 65.6 Å². The van der Waals surface area contributed by atoms with E-state index in [0.717, 1.165) is 5.56 Å². The summed E-state index contributed by atoms with van der Waals surface area (Å²) in [4.78, 5) is 12.7. The van der Waals surface area contributed by atoms with E-state index in [1.165, 1.54) is 4.68 Å². The van der Waals surface area contributed by atoms with E-state index in [1.807, 2.05) is 37.3 Å². The number of rotatable bonds is 3. The van der Waals surface area contributed by atoms with Gasteiger partial charge < -0.3 is 0 Å². The molecule has 24 heavy (non-hydrogen) atoms. The summed E-state index contributed by atoms with van der Waals surface area (Å²) in [5.74, 6) is 0. The van der Waals surface area contributed by atoms with Crippen molar-refractivity contribution in [1.82, 2.24) is 9.78 Å². The summed E-state index contributed by atoms with van der Waals surface area (Å²) in [5.41, 5.74) is 2.12. The van der Waals surface area contributed by atoms with Crippen LogP contribution >= 0.6 is 11.6 Å². The quantitative estimate of drug-likeness (QED) is 0.725. The Morgan fingerprint density at radius 2 is 1.75 bits per heavy atom. The lowest BCUT2D eigenvalue weighted by Crippen LogP contribution is -2.27. The van der Waals surface area contributed by atoms with Gasteiger partial charge in [-0.15, -0.1) is 0 Å². The molecule has 0 amide bonds. The van der Waals surface area contributed by atoms with E-state index in [4.69, 9.17) is 11.6 Å². The molecule has 5 heteroatoms. The average Bonchev–Trinajstić information content (AvgIpc) is 2.64. The Morgan fingerprint density at radius 3 is 2.46 bits per heavy atom. The number of hydrogen-bond donors (Lipinski definition) is 0. The molecule has 0 fully saturated rings. The molecule has 0 saturated heterocycles. The van der Waals surface area contributed by atoms with Crippen LogP contribution in [0.2, 0.25) is 5.02 Å². The normalized spacial score (nSPS) is 11.7. The highest BCUT2D eigenvalue weighted by atomic mass is 35.5. The lowest BCUT2D eigenvalue weighted by molar-refractivity contribution is 0.532. The Labute approximate surface area is 144 Å². The van der Waals surface area contributed by atoms with Gasteiger partial charge in [-0.05, 0) is 18.6 Å². The third-order valence-electron chi connectivity index (χ3n) is 3.93. The molecule has 3 rings (SSSR count). The van der Waals surface area contributed by atoms with Crippen LogP contribution in [-0.2, 0) is 0 Å².